The third-order valence-corrected chi connectivity index (χ3v) is 7.72. The van der Waals surface area contributed by atoms with Crippen molar-refractivity contribution >= 4 is 22.8 Å². The summed E-state index contributed by atoms with van der Waals surface area (Å²) in [5.74, 6) is 0.541. The average Bonchev–Trinajstić information content (AvgIpc) is 3.72. The Kier molecular flexibility index (Phi) is 9.80. The summed E-state index contributed by atoms with van der Waals surface area (Å²) in [5.41, 5.74) is 2.72. The summed E-state index contributed by atoms with van der Waals surface area (Å²) in [4.78, 5) is 29.7. The number of ether oxygens (including phenoxy) is 4. The van der Waals surface area contributed by atoms with Crippen LogP contribution in [0.15, 0.2) is 60.7 Å². The molecule has 44 heavy (non-hydrogen) atoms. The molecule has 12 nitrogen and oxygen atoms in total. The SMILES string of the molecule is COc1cc(C(C(=O)NCC2CCCO2)N(CCc2ccc(OC)c(OC)c2)C(=O)Cn2nnc3ccccc32)ccc1O. The molecule has 2 amide bonds. The predicted octanol–water partition coefficient (Wildman–Crippen LogP) is 3.27. The molecule has 0 radical (unpaired) electrons. The van der Waals surface area contributed by atoms with Crippen LogP contribution in [0.25, 0.3) is 11.0 Å². The van der Waals surface area contributed by atoms with Crippen molar-refractivity contribution < 1.29 is 33.6 Å². The largest absolute Gasteiger partial charge is 0.504 e. The summed E-state index contributed by atoms with van der Waals surface area (Å²) >= 11 is 0. The van der Waals surface area contributed by atoms with Gasteiger partial charge in [0.05, 0.1) is 33.0 Å². The number of nitrogens with zero attached hydrogens (tertiary/aromatic N) is 4. The molecule has 2 N–H and O–H groups in total. The maximum atomic E-state index is 14.2. The fourth-order valence-corrected chi connectivity index (χ4v) is 5.39. The summed E-state index contributed by atoms with van der Waals surface area (Å²) in [6, 6.07) is 16.5. The number of amides is 2. The summed E-state index contributed by atoms with van der Waals surface area (Å²) in [6.07, 6.45) is 2.10. The Hall–Kier alpha value is -4.84. The summed E-state index contributed by atoms with van der Waals surface area (Å²) < 4.78 is 23.5. The Bertz CT molecular complexity index is 1600. The quantitative estimate of drug-likeness (QED) is 0.236. The lowest BCUT2D eigenvalue weighted by Gasteiger charge is -2.32. The minimum atomic E-state index is -1.05. The van der Waals surface area contributed by atoms with E-state index in [2.05, 4.69) is 15.6 Å². The molecule has 4 aromatic rings. The number of phenolic OH excluding ortho intramolecular Hbond substituents is 1. The normalized spacial score (nSPS) is 15.1. The molecule has 0 aliphatic carbocycles. The number of aromatic nitrogens is 3. The zero-order valence-corrected chi connectivity index (χ0v) is 25.1. The molecule has 232 valence electrons. The fraction of sp³-hybridized carbons (Fsp3) is 0.375. The number of nitrogens with one attached hydrogen (secondary N) is 1. The number of para-hydroxylation sites is 1. The predicted molar refractivity (Wildman–Crippen MR) is 162 cm³/mol. The molecule has 1 aromatic heterocycles. The van der Waals surface area contributed by atoms with Crippen LogP contribution in [0, 0.1) is 0 Å². The molecule has 2 atom stereocenters. The van der Waals surface area contributed by atoms with Crippen LogP contribution in [-0.2, 0) is 27.3 Å². The van der Waals surface area contributed by atoms with Gasteiger partial charge >= 0.3 is 0 Å². The first-order valence-electron chi connectivity index (χ1n) is 14.5. The highest BCUT2D eigenvalue weighted by atomic mass is 16.5. The number of aromatic hydroxyl groups is 1. The Balaban J connectivity index is 1.51. The second-order valence-corrected chi connectivity index (χ2v) is 10.5. The molecule has 0 bridgehead atoms. The standard InChI is InChI=1S/C32H37N5O7/c1-41-27-13-10-21(17-29(27)43-3)14-15-36(30(39)20-37-25-9-5-4-8-24(25)34-35-37)31(22-11-12-26(38)28(18-22)42-2)32(40)33-19-23-7-6-16-44-23/h4-5,8-13,17-18,23,31,38H,6-7,14-16,19-20H2,1-3H3,(H,33,40). The van der Waals surface area contributed by atoms with Crippen LogP contribution in [0.4, 0.5) is 0 Å². The number of fused-ring (bicyclic) bond motifs is 1. The lowest BCUT2D eigenvalue weighted by Crippen LogP contribution is -2.47. The minimum absolute atomic E-state index is 0.0768. The highest BCUT2D eigenvalue weighted by Gasteiger charge is 2.33. The van der Waals surface area contributed by atoms with Crippen molar-refractivity contribution in [3.05, 3.63) is 71.8 Å². The Morgan fingerprint density at radius 1 is 1.05 bits per heavy atom. The second-order valence-electron chi connectivity index (χ2n) is 10.5. The maximum Gasteiger partial charge on any atom is 0.247 e. The molecule has 0 spiro atoms. The van der Waals surface area contributed by atoms with E-state index in [9.17, 15) is 14.7 Å². The molecule has 5 rings (SSSR count). The molecule has 1 aliphatic heterocycles. The van der Waals surface area contributed by atoms with Crippen LogP contribution in [-0.4, -0.2) is 83.9 Å². The van der Waals surface area contributed by atoms with E-state index in [4.69, 9.17) is 18.9 Å². The summed E-state index contributed by atoms with van der Waals surface area (Å²) in [7, 11) is 4.56. The van der Waals surface area contributed by atoms with Gasteiger partial charge in [0.1, 0.15) is 18.1 Å². The molecule has 2 unspecified atom stereocenters. The van der Waals surface area contributed by atoms with Crippen LogP contribution in [0.1, 0.15) is 30.0 Å². The van der Waals surface area contributed by atoms with Crippen LogP contribution in [0.3, 0.4) is 0 Å². The van der Waals surface area contributed by atoms with Gasteiger partial charge in [-0.05, 0) is 66.8 Å². The van der Waals surface area contributed by atoms with Gasteiger partial charge in [-0.15, -0.1) is 5.10 Å². The van der Waals surface area contributed by atoms with Crippen molar-refractivity contribution in [3.63, 3.8) is 0 Å². The Morgan fingerprint density at radius 2 is 1.84 bits per heavy atom. The number of hydrogen-bond donors (Lipinski definition) is 2. The highest BCUT2D eigenvalue weighted by Crippen LogP contribution is 2.33. The number of phenols is 1. The van der Waals surface area contributed by atoms with Gasteiger partial charge in [-0.1, -0.05) is 29.5 Å². The van der Waals surface area contributed by atoms with Gasteiger partial charge in [0, 0.05) is 19.7 Å². The number of methoxy groups -OCH3 is 3. The Labute approximate surface area is 255 Å². The number of rotatable bonds is 13. The molecule has 3 aromatic carbocycles. The van der Waals surface area contributed by atoms with Gasteiger partial charge in [0.25, 0.3) is 0 Å². The van der Waals surface area contributed by atoms with E-state index in [1.807, 2.05) is 36.4 Å². The van der Waals surface area contributed by atoms with E-state index in [0.29, 0.717) is 47.7 Å². The van der Waals surface area contributed by atoms with Gasteiger partial charge in [-0.25, -0.2) is 4.68 Å². The topological polar surface area (TPSA) is 137 Å². The minimum Gasteiger partial charge on any atom is -0.504 e. The smallest absolute Gasteiger partial charge is 0.247 e. The van der Waals surface area contributed by atoms with Crippen molar-refractivity contribution in [3.8, 4) is 23.0 Å². The van der Waals surface area contributed by atoms with Crippen LogP contribution in [0.2, 0.25) is 0 Å². The Morgan fingerprint density at radius 3 is 2.59 bits per heavy atom. The van der Waals surface area contributed by atoms with Gasteiger partial charge in [-0.2, -0.15) is 0 Å². The first-order chi connectivity index (χ1) is 21.4. The van der Waals surface area contributed by atoms with Gasteiger partial charge in [0.2, 0.25) is 11.8 Å². The first kappa shape index (κ1) is 30.6. The van der Waals surface area contributed by atoms with Crippen LogP contribution < -0.4 is 19.5 Å². The number of benzene rings is 3. The highest BCUT2D eigenvalue weighted by molar-refractivity contribution is 5.89. The fourth-order valence-electron chi connectivity index (χ4n) is 5.39. The second kappa shape index (κ2) is 14.1. The number of carbonyl (C=O) groups is 2. The van der Waals surface area contributed by atoms with Crippen LogP contribution >= 0.6 is 0 Å². The van der Waals surface area contributed by atoms with E-state index in [-0.39, 0.29) is 42.5 Å². The molecule has 1 fully saturated rings. The van der Waals surface area contributed by atoms with Crippen molar-refractivity contribution in [1.29, 1.82) is 0 Å². The van der Waals surface area contributed by atoms with Crippen molar-refractivity contribution in [2.45, 2.75) is 38.0 Å². The molecule has 12 heteroatoms. The lowest BCUT2D eigenvalue weighted by atomic mass is 10.0. The molecular formula is C32H37N5O7. The van der Waals surface area contributed by atoms with E-state index in [1.165, 1.54) is 22.8 Å². The van der Waals surface area contributed by atoms with Gasteiger partial charge < -0.3 is 34.3 Å². The van der Waals surface area contributed by atoms with Crippen molar-refractivity contribution in [2.75, 3.05) is 41.0 Å². The zero-order valence-electron chi connectivity index (χ0n) is 25.1. The maximum absolute atomic E-state index is 14.2. The van der Waals surface area contributed by atoms with E-state index in [0.717, 1.165) is 18.4 Å². The van der Waals surface area contributed by atoms with Crippen molar-refractivity contribution in [2.24, 2.45) is 0 Å². The third-order valence-electron chi connectivity index (χ3n) is 7.72. The molecule has 1 aliphatic rings. The van der Waals surface area contributed by atoms with Crippen LogP contribution in [0.5, 0.6) is 23.0 Å². The monoisotopic (exact) mass is 603 g/mol. The molecule has 0 saturated carbocycles. The summed E-state index contributed by atoms with van der Waals surface area (Å²) in [6.45, 7) is 1.01. The zero-order chi connectivity index (χ0) is 31.1. The van der Waals surface area contributed by atoms with E-state index >= 15 is 0 Å². The molecule has 1 saturated heterocycles. The lowest BCUT2D eigenvalue weighted by molar-refractivity contribution is -0.141. The molecule has 2 heterocycles. The first-order valence-corrected chi connectivity index (χ1v) is 14.5. The van der Waals surface area contributed by atoms with Gasteiger partial charge in [-0.3, -0.25) is 9.59 Å². The molecular weight excluding hydrogens is 566 g/mol. The van der Waals surface area contributed by atoms with Gasteiger partial charge in [0.15, 0.2) is 23.0 Å². The third kappa shape index (κ3) is 6.86. The summed E-state index contributed by atoms with van der Waals surface area (Å²) in [5, 5.41) is 21.7. The number of carbonyl (C=O) groups excluding carboxylic acids is 2. The van der Waals surface area contributed by atoms with E-state index in [1.54, 1.807) is 32.4 Å². The average molecular weight is 604 g/mol. The van der Waals surface area contributed by atoms with E-state index < -0.39 is 6.04 Å². The van der Waals surface area contributed by atoms with Crippen molar-refractivity contribution in [1.82, 2.24) is 25.2 Å². The number of hydrogen-bond acceptors (Lipinski definition) is 9.